The zero-order valence-corrected chi connectivity index (χ0v) is 24.0. The predicted octanol–water partition coefficient (Wildman–Crippen LogP) is 7.26. The number of carboxylic acids is 1. The number of carboxylic acid groups (broad SMARTS) is 1. The van der Waals surface area contributed by atoms with Gasteiger partial charge in [0.15, 0.2) is 11.5 Å². The topological polar surface area (TPSA) is 113 Å². The van der Waals surface area contributed by atoms with Crippen molar-refractivity contribution < 1.29 is 33.3 Å². The van der Waals surface area contributed by atoms with Crippen molar-refractivity contribution in [2.45, 2.75) is 18.8 Å². The fraction of sp³-hybridized carbons (Fsp3) is 0.179. The number of carbonyl (C=O) groups is 1. The minimum absolute atomic E-state index is 0.0394. The summed E-state index contributed by atoms with van der Waals surface area (Å²) in [6.07, 6.45) is 1.48. The van der Waals surface area contributed by atoms with Crippen LogP contribution in [0.25, 0.3) is 17.5 Å². The molecule has 1 aromatic heterocycles. The molecule has 0 atom stereocenters. The number of benzene rings is 3. The maximum atomic E-state index is 12.1. The molecule has 0 amide bonds. The van der Waals surface area contributed by atoms with Gasteiger partial charge in [-0.05, 0) is 66.7 Å². The van der Waals surface area contributed by atoms with E-state index in [1.807, 2.05) is 6.92 Å². The van der Waals surface area contributed by atoms with Gasteiger partial charge in [-0.2, -0.15) is 0 Å². The van der Waals surface area contributed by atoms with Crippen LogP contribution in [0.5, 0.6) is 23.0 Å². The van der Waals surface area contributed by atoms with Crippen LogP contribution in [-0.2, 0) is 11.4 Å². The van der Waals surface area contributed by atoms with E-state index < -0.39 is 5.97 Å². The molecule has 0 saturated heterocycles. The first-order valence-electron chi connectivity index (χ1n) is 11.8. The fourth-order valence-electron chi connectivity index (χ4n) is 3.48. The van der Waals surface area contributed by atoms with Crippen molar-refractivity contribution in [2.24, 2.45) is 0 Å². The third-order valence-electron chi connectivity index (χ3n) is 5.38. The summed E-state index contributed by atoms with van der Waals surface area (Å²) in [6.45, 7) is 2.41. The Morgan fingerprint density at radius 1 is 0.975 bits per heavy atom. The second-order valence-electron chi connectivity index (χ2n) is 8.05. The Morgan fingerprint density at radius 3 is 2.38 bits per heavy atom. The number of thioether (sulfide) groups is 1. The van der Waals surface area contributed by atoms with Crippen LogP contribution < -0.4 is 18.9 Å². The number of aliphatic carboxylic acids is 1. The predicted molar refractivity (Wildman–Crippen MR) is 153 cm³/mol. The molecule has 12 heteroatoms. The first kappa shape index (κ1) is 29.1. The molecule has 1 N–H and O–H groups in total. The quantitative estimate of drug-likeness (QED) is 0.131. The van der Waals surface area contributed by atoms with E-state index in [9.17, 15) is 9.90 Å². The summed E-state index contributed by atoms with van der Waals surface area (Å²) in [6, 6.07) is 15.4. The lowest BCUT2D eigenvalue weighted by molar-refractivity contribution is -0.131. The van der Waals surface area contributed by atoms with Gasteiger partial charge in [0, 0.05) is 27.2 Å². The van der Waals surface area contributed by atoms with Gasteiger partial charge in [0.05, 0.1) is 20.8 Å². The summed E-state index contributed by atoms with van der Waals surface area (Å²) in [5.41, 5.74) is 1.89. The molecule has 0 aliphatic rings. The van der Waals surface area contributed by atoms with Crippen molar-refractivity contribution >= 4 is 47.0 Å². The van der Waals surface area contributed by atoms with Crippen LogP contribution in [0.3, 0.4) is 0 Å². The number of hydrogen-bond acceptors (Lipinski definition) is 9. The number of hydrogen-bond donors (Lipinski definition) is 1. The molecule has 1 heterocycles. The molecule has 0 radical (unpaired) electrons. The van der Waals surface area contributed by atoms with E-state index in [0.717, 1.165) is 17.3 Å². The second kappa shape index (κ2) is 13.5. The minimum atomic E-state index is -1.16. The average molecular weight is 603 g/mol. The second-order valence-corrected chi connectivity index (χ2v) is 9.89. The highest BCUT2D eigenvalue weighted by Crippen LogP contribution is 2.35. The summed E-state index contributed by atoms with van der Waals surface area (Å²) in [4.78, 5) is 12.0. The normalized spacial score (nSPS) is 11.3. The van der Waals surface area contributed by atoms with Gasteiger partial charge in [-0.3, -0.25) is 0 Å². The third kappa shape index (κ3) is 7.41. The van der Waals surface area contributed by atoms with E-state index in [-0.39, 0.29) is 22.6 Å². The molecule has 0 spiro atoms. The highest BCUT2D eigenvalue weighted by atomic mass is 35.5. The van der Waals surface area contributed by atoms with Crippen molar-refractivity contribution in [1.82, 2.24) is 10.2 Å². The van der Waals surface area contributed by atoms with Gasteiger partial charge in [-0.15, -0.1) is 10.2 Å². The summed E-state index contributed by atoms with van der Waals surface area (Å²) in [5, 5.41) is 19.0. The standard InChI is InChI=1S/C28H24Cl2N2O7S/c1-4-37-24-9-16(5-8-23(24)38-15-17-6-7-19(29)13-22(17)30)10-25(27(33)34)40-28-32-31-26(39-28)18-11-20(35-2)14-21(12-18)36-3/h5-14H,4,15H2,1-3H3,(H,33,34)/b25-10-. The van der Waals surface area contributed by atoms with Gasteiger partial charge in [0.2, 0.25) is 5.89 Å². The Kier molecular flexibility index (Phi) is 9.81. The molecule has 4 rings (SSSR count). The fourth-order valence-corrected chi connectivity index (χ4v) is 4.61. The van der Waals surface area contributed by atoms with Crippen molar-refractivity contribution in [2.75, 3.05) is 20.8 Å². The van der Waals surface area contributed by atoms with E-state index >= 15 is 0 Å². The zero-order valence-electron chi connectivity index (χ0n) is 21.6. The Hall–Kier alpha value is -3.86. The molecular formula is C28H24Cl2N2O7S. The Bertz CT molecular complexity index is 1520. The van der Waals surface area contributed by atoms with Gasteiger partial charge in [-0.1, -0.05) is 35.3 Å². The van der Waals surface area contributed by atoms with Gasteiger partial charge in [0.1, 0.15) is 23.0 Å². The molecule has 0 unspecified atom stereocenters. The SMILES string of the molecule is CCOc1cc(/C=C(\Sc2nnc(-c3cc(OC)cc(OC)c3)o2)C(=O)O)ccc1OCc1ccc(Cl)cc1Cl. The molecule has 0 bridgehead atoms. The first-order valence-corrected chi connectivity index (χ1v) is 13.4. The lowest BCUT2D eigenvalue weighted by atomic mass is 10.2. The van der Waals surface area contributed by atoms with Crippen molar-refractivity contribution in [3.05, 3.63) is 80.7 Å². The monoisotopic (exact) mass is 602 g/mol. The first-order chi connectivity index (χ1) is 19.3. The molecule has 0 fully saturated rings. The Labute approximate surface area is 244 Å². The van der Waals surface area contributed by atoms with E-state index in [1.54, 1.807) is 54.6 Å². The zero-order chi connectivity index (χ0) is 28.6. The number of ether oxygens (including phenoxy) is 4. The smallest absolute Gasteiger partial charge is 0.342 e. The van der Waals surface area contributed by atoms with Gasteiger partial charge in [0.25, 0.3) is 5.22 Å². The molecule has 208 valence electrons. The van der Waals surface area contributed by atoms with Gasteiger partial charge < -0.3 is 28.5 Å². The summed E-state index contributed by atoms with van der Waals surface area (Å²) >= 11 is 13.0. The molecule has 4 aromatic rings. The number of nitrogens with zero attached hydrogens (tertiary/aromatic N) is 2. The third-order valence-corrected chi connectivity index (χ3v) is 6.82. The largest absolute Gasteiger partial charge is 0.497 e. The van der Waals surface area contributed by atoms with Gasteiger partial charge >= 0.3 is 5.97 Å². The lowest BCUT2D eigenvalue weighted by Crippen LogP contribution is -2.01. The number of halogens is 2. The number of aromatic nitrogens is 2. The number of methoxy groups -OCH3 is 2. The molecule has 3 aromatic carbocycles. The van der Waals surface area contributed by atoms with Crippen LogP contribution in [0.15, 0.2) is 69.1 Å². The van der Waals surface area contributed by atoms with E-state index in [4.69, 9.17) is 46.6 Å². The maximum absolute atomic E-state index is 12.1. The Morgan fingerprint density at radius 2 is 1.73 bits per heavy atom. The van der Waals surface area contributed by atoms with Crippen molar-refractivity contribution in [3.63, 3.8) is 0 Å². The summed E-state index contributed by atoms with van der Waals surface area (Å²) in [7, 11) is 3.06. The molecular weight excluding hydrogens is 579 g/mol. The van der Waals surface area contributed by atoms with Crippen molar-refractivity contribution in [3.8, 4) is 34.5 Å². The van der Waals surface area contributed by atoms with Gasteiger partial charge in [-0.25, -0.2) is 4.79 Å². The molecule has 9 nitrogen and oxygen atoms in total. The number of rotatable bonds is 12. The summed E-state index contributed by atoms with van der Waals surface area (Å²) < 4.78 is 28.0. The van der Waals surface area contributed by atoms with E-state index in [0.29, 0.717) is 50.8 Å². The summed E-state index contributed by atoms with van der Waals surface area (Å²) in [5.74, 6) is 1.03. The molecule has 40 heavy (non-hydrogen) atoms. The average Bonchev–Trinajstić information content (AvgIpc) is 3.41. The van der Waals surface area contributed by atoms with Crippen LogP contribution in [0.1, 0.15) is 18.1 Å². The van der Waals surface area contributed by atoms with E-state index in [2.05, 4.69) is 10.2 Å². The minimum Gasteiger partial charge on any atom is -0.497 e. The van der Waals surface area contributed by atoms with Crippen molar-refractivity contribution in [1.29, 1.82) is 0 Å². The van der Waals surface area contributed by atoms with Crippen LogP contribution in [0.4, 0.5) is 0 Å². The van der Waals surface area contributed by atoms with Crippen LogP contribution in [0, 0.1) is 0 Å². The van der Waals surface area contributed by atoms with Crippen LogP contribution in [-0.4, -0.2) is 42.1 Å². The van der Waals surface area contributed by atoms with E-state index in [1.165, 1.54) is 20.3 Å². The highest BCUT2D eigenvalue weighted by Gasteiger charge is 2.18. The Balaban J connectivity index is 1.55. The highest BCUT2D eigenvalue weighted by molar-refractivity contribution is 8.03. The molecule has 0 aliphatic carbocycles. The van der Waals surface area contributed by atoms with Crippen LogP contribution >= 0.6 is 35.0 Å². The maximum Gasteiger partial charge on any atom is 0.342 e. The van der Waals surface area contributed by atoms with Crippen LogP contribution in [0.2, 0.25) is 10.0 Å². The molecule has 0 aliphatic heterocycles. The lowest BCUT2D eigenvalue weighted by Gasteiger charge is -2.13. The molecule has 0 saturated carbocycles.